The van der Waals surface area contributed by atoms with Gasteiger partial charge in [-0.15, -0.1) is 0 Å². The van der Waals surface area contributed by atoms with E-state index in [1.165, 1.54) is 96.3 Å². The van der Waals surface area contributed by atoms with Crippen LogP contribution in [0.3, 0.4) is 0 Å². The molecule has 0 amide bonds. The van der Waals surface area contributed by atoms with Gasteiger partial charge in [-0.05, 0) is 96.3 Å². The first-order chi connectivity index (χ1) is 34.0. The van der Waals surface area contributed by atoms with Crippen LogP contribution in [-0.2, 0) is 28.6 Å². The first kappa shape index (κ1) is 65.3. The third-order valence-electron chi connectivity index (χ3n) is 12.1. The molecule has 0 aliphatic carbocycles. The predicted octanol–water partition coefficient (Wildman–Crippen LogP) is 19.3. The molecule has 0 bridgehead atoms. The molecule has 1 unspecified atom stereocenters. The Bertz CT molecular complexity index is 1380. The molecular weight excluding hydrogens is 853 g/mol. The van der Waals surface area contributed by atoms with Crippen LogP contribution in [0, 0.1) is 0 Å². The third-order valence-corrected chi connectivity index (χ3v) is 12.1. The zero-order valence-corrected chi connectivity index (χ0v) is 45.0. The molecular formula is C63H106O6. The highest BCUT2D eigenvalue weighted by Crippen LogP contribution is 2.16. The minimum absolute atomic E-state index is 0.0863. The number of rotatable bonds is 51. The Hall–Kier alpha value is -3.67. The summed E-state index contributed by atoms with van der Waals surface area (Å²) in [5.41, 5.74) is 0. The van der Waals surface area contributed by atoms with E-state index in [-0.39, 0.29) is 31.1 Å². The maximum atomic E-state index is 12.8. The fourth-order valence-electron chi connectivity index (χ4n) is 7.84. The van der Waals surface area contributed by atoms with E-state index in [0.717, 1.165) is 128 Å². The Kier molecular flexibility index (Phi) is 53.9. The minimum Gasteiger partial charge on any atom is -0.462 e. The molecule has 0 N–H and O–H groups in total. The predicted molar refractivity (Wildman–Crippen MR) is 297 cm³/mol. The van der Waals surface area contributed by atoms with E-state index in [9.17, 15) is 14.4 Å². The van der Waals surface area contributed by atoms with E-state index < -0.39 is 6.10 Å². The van der Waals surface area contributed by atoms with Crippen molar-refractivity contribution < 1.29 is 28.6 Å². The fourth-order valence-corrected chi connectivity index (χ4v) is 7.84. The van der Waals surface area contributed by atoms with Gasteiger partial charge in [0, 0.05) is 19.3 Å². The molecule has 0 saturated heterocycles. The third kappa shape index (κ3) is 55.1. The lowest BCUT2D eigenvalue weighted by Gasteiger charge is -2.18. The summed E-state index contributed by atoms with van der Waals surface area (Å²) >= 11 is 0. The molecule has 0 radical (unpaired) electrons. The molecule has 0 aromatic rings. The second kappa shape index (κ2) is 56.9. The highest BCUT2D eigenvalue weighted by molar-refractivity contribution is 5.71. The van der Waals surface area contributed by atoms with Crippen LogP contribution in [0.5, 0.6) is 0 Å². The smallest absolute Gasteiger partial charge is 0.306 e. The summed E-state index contributed by atoms with van der Waals surface area (Å²) in [4.78, 5) is 37.8. The first-order valence-corrected chi connectivity index (χ1v) is 28.7. The van der Waals surface area contributed by atoms with Crippen LogP contribution in [0.4, 0.5) is 0 Å². The van der Waals surface area contributed by atoms with E-state index in [1.54, 1.807) is 0 Å². The summed E-state index contributed by atoms with van der Waals surface area (Å²) in [7, 11) is 0. The molecule has 0 spiro atoms. The number of hydrogen-bond donors (Lipinski definition) is 0. The van der Waals surface area contributed by atoms with Crippen molar-refractivity contribution in [3.8, 4) is 0 Å². The van der Waals surface area contributed by atoms with Gasteiger partial charge in [-0.25, -0.2) is 0 Å². The van der Waals surface area contributed by atoms with E-state index in [2.05, 4.69) is 118 Å². The summed E-state index contributed by atoms with van der Waals surface area (Å²) in [5.74, 6) is -0.922. The van der Waals surface area contributed by atoms with Crippen molar-refractivity contribution in [2.45, 2.75) is 271 Å². The Morgan fingerprint density at radius 1 is 0.304 bits per heavy atom. The van der Waals surface area contributed by atoms with Crippen LogP contribution < -0.4 is 0 Å². The Morgan fingerprint density at radius 2 is 0.565 bits per heavy atom. The number of unbranched alkanes of at least 4 members (excludes halogenated alkanes) is 24. The van der Waals surface area contributed by atoms with Crippen LogP contribution in [0.15, 0.2) is 97.2 Å². The van der Waals surface area contributed by atoms with Gasteiger partial charge in [0.1, 0.15) is 13.2 Å². The molecule has 0 aliphatic rings. The minimum atomic E-state index is -0.786. The van der Waals surface area contributed by atoms with Crippen molar-refractivity contribution in [3.05, 3.63) is 97.2 Å². The van der Waals surface area contributed by atoms with Gasteiger partial charge in [-0.1, -0.05) is 246 Å². The van der Waals surface area contributed by atoms with Crippen LogP contribution in [-0.4, -0.2) is 37.2 Å². The summed E-state index contributed by atoms with van der Waals surface area (Å²) in [6, 6.07) is 0. The van der Waals surface area contributed by atoms with Gasteiger partial charge in [0.15, 0.2) is 6.10 Å². The van der Waals surface area contributed by atoms with Crippen molar-refractivity contribution >= 4 is 17.9 Å². The molecule has 0 heterocycles. The Labute approximate surface area is 426 Å². The average Bonchev–Trinajstić information content (AvgIpc) is 3.35. The summed E-state index contributed by atoms with van der Waals surface area (Å²) < 4.78 is 16.7. The van der Waals surface area contributed by atoms with Crippen molar-refractivity contribution in [2.75, 3.05) is 13.2 Å². The maximum Gasteiger partial charge on any atom is 0.306 e. The molecule has 0 rings (SSSR count). The summed E-state index contributed by atoms with van der Waals surface area (Å²) in [6.07, 6.45) is 76.0. The number of esters is 3. The molecule has 0 aromatic carbocycles. The van der Waals surface area contributed by atoms with Gasteiger partial charge in [-0.3, -0.25) is 14.4 Å². The lowest BCUT2D eigenvalue weighted by molar-refractivity contribution is -0.167. The number of ether oxygens (including phenoxy) is 3. The molecule has 394 valence electrons. The van der Waals surface area contributed by atoms with Crippen LogP contribution in [0.1, 0.15) is 265 Å². The fraction of sp³-hybridized carbons (Fsp3) is 0.698. The van der Waals surface area contributed by atoms with E-state index in [4.69, 9.17) is 14.2 Å². The van der Waals surface area contributed by atoms with Gasteiger partial charge in [0.2, 0.25) is 0 Å². The Morgan fingerprint density at radius 3 is 0.884 bits per heavy atom. The average molecular weight is 960 g/mol. The summed E-state index contributed by atoms with van der Waals surface area (Å²) in [6.45, 7) is 6.31. The van der Waals surface area contributed by atoms with E-state index >= 15 is 0 Å². The SMILES string of the molecule is CC/C=C\C/C=C\C/C=C\C/C=C\CCCCCCCCCCCCCCCCCCC(=O)OCC(COC(=O)CCCCCCC)OC(=O)CCCCCC/C=C\C/C=C\C/C=C\C/C=C\CC. The molecule has 0 saturated carbocycles. The monoisotopic (exact) mass is 959 g/mol. The topological polar surface area (TPSA) is 78.9 Å². The van der Waals surface area contributed by atoms with Crippen molar-refractivity contribution in [3.63, 3.8) is 0 Å². The molecule has 0 aliphatic heterocycles. The highest BCUT2D eigenvalue weighted by Gasteiger charge is 2.19. The molecule has 69 heavy (non-hydrogen) atoms. The van der Waals surface area contributed by atoms with E-state index in [1.807, 2.05) is 0 Å². The van der Waals surface area contributed by atoms with E-state index in [0.29, 0.717) is 19.3 Å². The number of carbonyl (C=O) groups excluding carboxylic acids is 3. The normalized spacial score (nSPS) is 12.8. The van der Waals surface area contributed by atoms with Crippen LogP contribution in [0.2, 0.25) is 0 Å². The van der Waals surface area contributed by atoms with Crippen LogP contribution >= 0.6 is 0 Å². The molecule has 0 aromatic heterocycles. The second-order valence-electron chi connectivity index (χ2n) is 18.8. The molecule has 0 fully saturated rings. The quantitative estimate of drug-likeness (QED) is 0.0262. The first-order valence-electron chi connectivity index (χ1n) is 28.7. The zero-order chi connectivity index (χ0) is 50.0. The van der Waals surface area contributed by atoms with Gasteiger partial charge >= 0.3 is 17.9 Å². The van der Waals surface area contributed by atoms with Crippen molar-refractivity contribution in [1.29, 1.82) is 0 Å². The van der Waals surface area contributed by atoms with Crippen molar-refractivity contribution in [1.82, 2.24) is 0 Å². The summed E-state index contributed by atoms with van der Waals surface area (Å²) in [5, 5.41) is 0. The van der Waals surface area contributed by atoms with Gasteiger partial charge in [-0.2, -0.15) is 0 Å². The Balaban J connectivity index is 4.05. The lowest BCUT2D eigenvalue weighted by atomic mass is 10.0. The molecule has 6 heteroatoms. The maximum absolute atomic E-state index is 12.8. The largest absolute Gasteiger partial charge is 0.462 e. The van der Waals surface area contributed by atoms with Crippen molar-refractivity contribution in [2.24, 2.45) is 0 Å². The standard InChI is InChI=1S/C63H106O6/c1-4-7-10-13-15-17-19-21-23-25-26-27-28-29-30-31-32-33-34-35-36-38-39-41-43-45-47-50-53-56-62(65)68-59-60(58-67-61(64)55-52-49-12-9-6-3)69-63(66)57-54-51-48-46-44-42-40-37-24-22-20-18-16-14-11-8-5-2/h7-8,10-11,15-18,21-24,26-27,40,42,60H,4-6,9,12-14,19-20,25,28-39,41,43-59H2,1-3H3/b10-7-,11-8-,17-15-,18-16-,23-21-,24-22-,27-26-,42-40-. The van der Waals surface area contributed by atoms with Crippen LogP contribution in [0.25, 0.3) is 0 Å². The highest BCUT2D eigenvalue weighted by atomic mass is 16.6. The lowest BCUT2D eigenvalue weighted by Crippen LogP contribution is -2.30. The number of allylic oxidation sites excluding steroid dienone is 16. The number of carbonyl (C=O) groups is 3. The number of hydrogen-bond acceptors (Lipinski definition) is 6. The van der Waals surface area contributed by atoms with Gasteiger partial charge in [0.25, 0.3) is 0 Å². The molecule has 1 atom stereocenters. The van der Waals surface area contributed by atoms with Gasteiger partial charge in [0.05, 0.1) is 0 Å². The second-order valence-corrected chi connectivity index (χ2v) is 18.8. The van der Waals surface area contributed by atoms with Gasteiger partial charge < -0.3 is 14.2 Å². The molecule has 6 nitrogen and oxygen atoms in total. The zero-order valence-electron chi connectivity index (χ0n) is 45.0.